The maximum Gasteiger partial charge on any atom is 0.325 e. The van der Waals surface area contributed by atoms with E-state index < -0.39 is 35.6 Å². The van der Waals surface area contributed by atoms with Crippen LogP contribution in [0.15, 0.2) is 0 Å². The molecule has 0 aromatic carbocycles. The van der Waals surface area contributed by atoms with Gasteiger partial charge in [0.15, 0.2) is 6.10 Å². The first kappa shape index (κ1) is 20.7. The summed E-state index contributed by atoms with van der Waals surface area (Å²) in [6, 6.07) is -1.46. The highest BCUT2D eigenvalue weighted by molar-refractivity contribution is 6.07. The van der Waals surface area contributed by atoms with Crippen molar-refractivity contribution in [3.63, 3.8) is 0 Å². The van der Waals surface area contributed by atoms with Crippen molar-refractivity contribution in [3.8, 4) is 0 Å². The number of carbonyl (C=O) groups is 5. The molecule has 0 bridgehead atoms. The predicted molar refractivity (Wildman–Crippen MR) is 93.1 cm³/mol. The molecule has 1 saturated heterocycles. The maximum atomic E-state index is 12.5. The lowest BCUT2D eigenvalue weighted by atomic mass is 9.98. The molecule has 2 rings (SSSR count). The lowest BCUT2D eigenvalue weighted by Crippen LogP contribution is -2.45. The van der Waals surface area contributed by atoms with Gasteiger partial charge in [-0.1, -0.05) is 26.7 Å². The van der Waals surface area contributed by atoms with Crippen molar-refractivity contribution in [3.05, 3.63) is 0 Å². The van der Waals surface area contributed by atoms with Crippen LogP contribution in [0.2, 0.25) is 0 Å². The van der Waals surface area contributed by atoms with E-state index >= 15 is 0 Å². The number of nitrogens with one attached hydrogen (secondary N) is 2. The molecule has 1 saturated carbocycles. The van der Waals surface area contributed by atoms with Crippen molar-refractivity contribution in [2.45, 2.75) is 64.0 Å². The summed E-state index contributed by atoms with van der Waals surface area (Å²) in [5.41, 5.74) is 4.13. The number of urea groups is 2. The number of amides is 6. The SMILES string of the molecule is CC(C)[C@@H](OC(=O)CCCN1C(=O)NC2(CCCC2)C1=O)C(=O)NC(N)=O. The highest BCUT2D eigenvalue weighted by atomic mass is 16.5. The Balaban J connectivity index is 1.83. The van der Waals surface area contributed by atoms with E-state index in [1.807, 2.05) is 5.32 Å². The van der Waals surface area contributed by atoms with E-state index in [0.29, 0.717) is 12.8 Å². The molecular weight excluding hydrogens is 356 g/mol. The summed E-state index contributed by atoms with van der Waals surface area (Å²) in [6.07, 6.45) is 2.07. The van der Waals surface area contributed by atoms with Crippen LogP contribution in [0.3, 0.4) is 0 Å². The number of esters is 1. The number of hydrogen-bond donors (Lipinski definition) is 3. The Morgan fingerprint density at radius 3 is 2.44 bits per heavy atom. The van der Waals surface area contributed by atoms with Crippen molar-refractivity contribution in [1.82, 2.24) is 15.5 Å². The molecule has 2 aliphatic rings. The average Bonchev–Trinajstić information content (AvgIpc) is 3.12. The van der Waals surface area contributed by atoms with Crippen molar-refractivity contribution in [2.24, 2.45) is 11.7 Å². The van der Waals surface area contributed by atoms with E-state index in [0.717, 1.165) is 17.7 Å². The second-order valence-electron chi connectivity index (χ2n) is 7.29. The lowest BCUT2D eigenvalue weighted by Gasteiger charge is -2.21. The molecule has 10 nitrogen and oxygen atoms in total. The first-order valence-electron chi connectivity index (χ1n) is 9.10. The normalized spacial score (nSPS) is 19.3. The van der Waals surface area contributed by atoms with E-state index in [-0.39, 0.29) is 31.2 Å². The van der Waals surface area contributed by atoms with Gasteiger partial charge in [-0.25, -0.2) is 9.59 Å². The van der Waals surface area contributed by atoms with Crippen LogP contribution in [0, 0.1) is 5.92 Å². The Bertz CT molecular complexity index is 641. The van der Waals surface area contributed by atoms with Crippen molar-refractivity contribution >= 4 is 29.8 Å². The van der Waals surface area contributed by atoms with Crippen LogP contribution in [0.4, 0.5) is 9.59 Å². The topological polar surface area (TPSA) is 148 Å². The summed E-state index contributed by atoms with van der Waals surface area (Å²) in [7, 11) is 0. The smallest absolute Gasteiger partial charge is 0.325 e. The minimum absolute atomic E-state index is 0.0723. The lowest BCUT2D eigenvalue weighted by molar-refractivity contribution is -0.158. The van der Waals surface area contributed by atoms with Gasteiger partial charge in [0, 0.05) is 13.0 Å². The summed E-state index contributed by atoms with van der Waals surface area (Å²) >= 11 is 0. The van der Waals surface area contributed by atoms with Crippen LogP contribution in [0.1, 0.15) is 52.4 Å². The zero-order valence-electron chi connectivity index (χ0n) is 15.6. The number of nitrogens with zero attached hydrogens (tertiary/aromatic N) is 1. The summed E-state index contributed by atoms with van der Waals surface area (Å²) < 4.78 is 5.12. The van der Waals surface area contributed by atoms with E-state index in [9.17, 15) is 24.0 Å². The maximum absolute atomic E-state index is 12.5. The van der Waals surface area contributed by atoms with Crippen LogP contribution in [0.5, 0.6) is 0 Å². The third-order valence-electron chi connectivity index (χ3n) is 4.83. The Hall–Kier alpha value is -2.65. The molecule has 0 radical (unpaired) electrons. The molecule has 0 aromatic heterocycles. The molecule has 6 amide bonds. The molecule has 2 fully saturated rings. The second kappa shape index (κ2) is 8.36. The number of imide groups is 2. The minimum atomic E-state index is -1.15. The number of carbonyl (C=O) groups excluding carboxylic acids is 5. The molecule has 27 heavy (non-hydrogen) atoms. The molecule has 1 aliphatic carbocycles. The third kappa shape index (κ3) is 4.75. The monoisotopic (exact) mass is 382 g/mol. The molecule has 4 N–H and O–H groups in total. The number of hydrogen-bond acceptors (Lipinski definition) is 6. The average molecular weight is 382 g/mol. The first-order valence-corrected chi connectivity index (χ1v) is 9.10. The fraction of sp³-hybridized carbons (Fsp3) is 0.706. The molecular formula is C17H26N4O6. The van der Waals surface area contributed by atoms with Gasteiger partial charge in [-0.3, -0.25) is 24.6 Å². The standard InChI is InChI=1S/C17H26N4O6/c1-10(2)12(13(23)19-15(18)25)27-11(22)6-5-9-21-14(24)17(20-16(21)26)7-3-4-8-17/h10,12H,3-9H2,1-2H3,(H,20,26)(H3,18,19,23,25)/t12-/m1/s1. The molecule has 150 valence electrons. The van der Waals surface area contributed by atoms with Crippen LogP contribution >= 0.6 is 0 Å². The van der Waals surface area contributed by atoms with Crippen LogP contribution in [-0.2, 0) is 19.1 Å². The van der Waals surface area contributed by atoms with Gasteiger partial charge >= 0.3 is 18.0 Å². The van der Waals surface area contributed by atoms with E-state index in [4.69, 9.17) is 10.5 Å². The summed E-state index contributed by atoms with van der Waals surface area (Å²) in [5.74, 6) is -2.04. The molecule has 1 aliphatic heterocycles. The van der Waals surface area contributed by atoms with Crippen LogP contribution in [-0.4, -0.2) is 52.9 Å². The van der Waals surface area contributed by atoms with E-state index in [2.05, 4.69) is 5.32 Å². The minimum Gasteiger partial charge on any atom is -0.452 e. The number of ether oxygens (including phenoxy) is 1. The largest absolute Gasteiger partial charge is 0.452 e. The van der Waals surface area contributed by atoms with Gasteiger partial charge in [-0.05, 0) is 25.2 Å². The van der Waals surface area contributed by atoms with Gasteiger partial charge < -0.3 is 15.8 Å². The number of rotatable bonds is 7. The van der Waals surface area contributed by atoms with Gasteiger partial charge in [-0.15, -0.1) is 0 Å². The van der Waals surface area contributed by atoms with Crippen molar-refractivity contribution in [1.29, 1.82) is 0 Å². The molecule has 10 heteroatoms. The fourth-order valence-electron chi connectivity index (χ4n) is 3.46. The molecule has 1 atom stereocenters. The summed E-state index contributed by atoms with van der Waals surface area (Å²) in [6.45, 7) is 3.42. The molecule has 0 unspecified atom stereocenters. The third-order valence-corrected chi connectivity index (χ3v) is 4.83. The molecule has 1 spiro atoms. The Morgan fingerprint density at radius 2 is 1.89 bits per heavy atom. The first-order chi connectivity index (χ1) is 12.7. The highest BCUT2D eigenvalue weighted by Crippen LogP contribution is 2.35. The van der Waals surface area contributed by atoms with Gasteiger partial charge in [0.1, 0.15) is 5.54 Å². The van der Waals surface area contributed by atoms with Crippen molar-refractivity contribution in [2.75, 3.05) is 6.54 Å². The number of nitrogens with two attached hydrogens (primary N) is 1. The highest BCUT2D eigenvalue weighted by Gasteiger charge is 2.52. The van der Waals surface area contributed by atoms with Crippen LogP contribution < -0.4 is 16.4 Å². The van der Waals surface area contributed by atoms with Gasteiger partial charge in [0.2, 0.25) is 0 Å². The quantitative estimate of drug-likeness (QED) is 0.429. The zero-order valence-corrected chi connectivity index (χ0v) is 15.6. The zero-order chi connectivity index (χ0) is 20.2. The Morgan fingerprint density at radius 1 is 1.26 bits per heavy atom. The van der Waals surface area contributed by atoms with Gasteiger partial charge in [0.05, 0.1) is 0 Å². The second-order valence-corrected chi connectivity index (χ2v) is 7.29. The van der Waals surface area contributed by atoms with E-state index in [1.165, 1.54) is 0 Å². The number of primary amides is 1. The van der Waals surface area contributed by atoms with Gasteiger partial charge in [-0.2, -0.15) is 0 Å². The van der Waals surface area contributed by atoms with Crippen LogP contribution in [0.25, 0.3) is 0 Å². The predicted octanol–water partition coefficient (Wildman–Crippen LogP) is 0.394. The summed E-state index contributed by atoms with van der Waals surface area (Å²) in [4.78, 5) is 60.3. The van der Waals surface area contributed by atoms with Crippen molar-refractivity contribution < 1.29 is 28.7 Å². The fourth-order valence-corrected chi connectivity index (χ4v) is 3.46. The molecule has 1 heterocycles. The van der Waals surface area contributed by atoms with E-state index in [1.54, 1.807) is 13.8 Å². The van der Waals surface area contributed by atoms with Gasteiger partial charge in [0.25, 0.3) is 11.8 Å². The molecule has 0 aromatic rings. The Labute approximate surface area is 157 Å². The Kier molecular flexibility index (Phi) is 6.40. The summed E-state index contributed by atoms with van der Waals surface area (Å²) in [5, 5.41) is 4.66.